The van der Waals surface area contributed by atoms with Crippen LogP contribution in [0.5, 0.6) is 5.75 Å². The SMILES string of the molecule is CC(=Nc1ccccc1O[SiH](C)C)c1cc(C)ncn1. The zero-order valence-electron chi connectivity index (χ0n) is 12.3. The first-order valence-electron chi connectivity index (χ1n) is 6.66. The molecule has 0 N–H and O–H groups in total. The molecule has 0 bridgehead atoms. The van der Waals surface area contributed by atoms with Gasteiger partial charge in [-0.25, -0.2) is 15.0 Å². The van der Waals surface area contributed by atoms with Crippen LogP contribution in [0.3, 0.4) is 0 Å². The Hall–Kier alpha value is -2.01. The molecule has 1 heterocycles. The molecular formula is C15H19N3OSi. The van der Waals surface area contributed by atoms with Crippen LogP contribution >= 0.6 is 0 Å². The highest BCUT2D eigenvalue weighted by Crippen LogP contribution is 2.28. The molecule has 0 unspecified atom stereocenters. The van der Waals surface area contributed by atoms with Crippen LogP contribution < -0.4 is 4.43 Å². The second-order valence-corrected chi connectivity index (χ2v) is 7.21. The molecule has 4 nitrogen and oxygen atoms in total. The summed E-state index contributed by atoms with van der Waals surface area (Å²) in [5.41, 5.74) is 3.48. The first-order chi connectivity index (χ1) is 9.56. The van der Waals surface area contributed by atoms with E-state index in [0.29, 0.717) is 0 Å². The normalized spacial score (nSPS) is 11.8. The lowest BCUT2D eigenvalue weighted by Crippen LogP contribution is -2.11. The first kappa shape index (κ1) is 14.4. The van der Waals surface area contributed by atoms with Gasteiger partial charge in [0.25, 0.3) is 0 Å². The van der Waals surface area contributed by atoms with Crippen LogP contribution in [-0.4, -0.2) is 24.7 Å². The summed E-state index contributed by atoms with van der Waals surface area (Å²) >= 11 is 0. The highest BCUT2D eigenvalue weighted by molar-refractivity contribution is 6.49. The fourth-order valence-corrected chi connectivity index (χ4v) is 2.50. The zero-order chi connectivity index (χ0) is 14.5. The molecule has 0 fully saturated rings. The molecule has 5 heteroatoms. The lowest BCUT2D eigenvalue weighted by Gasteiger charge is -2.12. The minimum atomic E-state index is -1.15. The minimum absolute atomic E-state index is 0.842. The van der Waals surface area contributed by atoms with E-state index < -0.39 is 9.04 Å². The number of aromatic nitrogens is 2. The van der Waals surface area contributed by atoms with Crippen molar-refractivity contribution in [3.05, 3.63) is 48.0 Å². The molecule has 0 spiro atoms. The van der Waals surface area contributed by atoms with Crippen LogP contribution in [0.4, 0.5) is 5.69 Å². The minimum Gasteiger partial charge on any atom is -0.546 e. The van der Waals surface area contributed by atoms with Crippen molar-refractivity contribution in [3.8, 4) is 5.75 Å². The second kappa shape index (κ2) is 6.43. The molecule has 0 saturated carbocycles. The summed E-state index contributed by atoms with van der Waals surface area (Å²) in [4.78, 5) is 13.0. The largest absolute Gasteiger partial charge is 0.546 e. The summed E-state index contributed by atoms with van der Waals surface area (Å²) in [5.74, 6) is 0.847. The van der Waals surface area contributed by atoms with Gasteiger partial charge in [0.15, 0.2) is 0 Å². The van der Waals surface area contributed by atoms with Crippen molar-refractivity contribution in [3.63, 3.8) is 0 Å². The lowest BCUT2D eigenvalue weighted by atomic mass is 10.2. The summed E-state index contributed by atoms with van der Waals surface area (Å²) in [6.45, 7) is 8.17. The number of para-hydroxylation sites is 2. The smallest absolute Gasteiger partial charge is 0.229 e. The molecule has 2 rings (SSSR count). The Morgan fingerprint density at radius 1 is 1.20 bits per heavy atom. The molecule has 0 atom stereocenters. The fraction of sp³-hybridized carbons (Fsp3) is 0.267. The van der Waals surface area contributed by atoms with Crippen LogP contribution in [-0.2, 0) is 0 Å². The number of hydrogen-bond donors (Lipinski definition) is 0. The molecule has 0 amide bonds. The summed E-state index contributed by atoms with van der Waals surface area (Å²) in [6.07, 6.45) is 1.56. The van der Waals surface area contributed by atoms with Crippen molar-refractivity contribution in [2.45, 2.75) is 26.9 Å². The highest BCUT2D eigenvalue weighted by Gasteiger charge is 2.06. The number of rotatable bonds is 4. The fourth-order valence-electron chi connectivity index (χ4n) is 1.79. The van der Waals surface area contributed by atoms with Gasteiger partial charge in [0.1, 0.15) is 17.8 Å². The monoisotopic (exact) mass is 285 g/mol. The van der Waals surface area contributed by atoms with Gasteiger partial charge in [-0.1, -0.05) is 12.1 Å². The van der Waals surface area contributed by atoms with Crippen molar-refractivity contribution in [1.29, 1.82) is 0 Å². The molecule has 1 aromatic carbocycles. The Labute approximate surface area is 121 Å². The third-order valence-corrected chi connectivity index (χ3v) is 3.42. The Kier molecular flexibility index (Phi) is 4.63. The maximum absolute atomic E-state index is 5.90. The number of nitrogens with zero attached hydrogens (tertiary/aromatic N) is 3. The van der Waals surface area contributed by atoms with E-state index in [9.17, 15) is 0 Å². The summed E-state index contributed by atoms with van der Waals surface area (Å²) < 4.78 is 5.90. The molecule has 0 aliphatic heterocycles. The number of aryl methyl sites for hydroxylation is 1. The van der Waals surface area contributed by atoms with Crippen LogP contribution in [0.2, 0.25) is 13.1 Å². The molecule has 20 heavy (non-hydrogen) atoms. The van der Waals surface area contributed by atoms with Crippen LogP contribution in [0, 0.1) is 6.92 Å². The van der Waals surface area contributed by atoms with Gasteiger partial charge in [-0.3, -0.25) is 0 Å². The summed E-state index contributed by atoms with van der Waals surface area (Å²) in [5, 5.41) is 0. The maximum atomic E-state index is 5.90. The Bertz CT molecular complexity index is 626. The van der Waals surface area contributed by atoms with Crippen molar-refractivity contribution in [2.75, 3.05) is 0 Å². The van der Waals surface area contributed by atoms with Gasteiger partial charge in [0.05, 0.1) is 11.4 Å². The topological polar surface area (TPSA) is 47.4 Å². The van der Waals surface area contributed by atoms with E-state index in [0.717, 1.165) is 28.5 Å². The van der Waals surface area contributed by atoms with Gasteiger partial charge in [0.2, 0.25) is 9.04 Å². The van der Waals surface area contributed by atoms with Gasteiger partial charge in [-0.2, -0.15) is 0 Å². The Balaban J connectivity index is 2.35. The Morgan fingerprint density at radius 2 is 1.95 bits per heavy atom. The zero-order valence-corrected chi connectivity index (χ0v) is 13.4. The van der Waals surface area contributed by atoms with E-state index in [-0.39, 0.29) is 0 Å². The molecule has 0 saturated heterocycles. The molecular weight excluding hydrogens is 266 g/mol. The number of hydrogen-bond acceptors (Lipinski definition) is 4. The maximum Gasteiger partial charge on any atom is 0.229 e. The van der Waals surface area contributed by atoms with Crippen LogP contribution in [0.25, 0.3) is 0 Å². The molecule has 2 aromatic rings. The third kappa shape index (κ3) is 3.74. The van der Waals surface area contributed by atoms with Gasteiger partial charge in [-0.15, -0.1) is 0 Å². The van der Waals surface area contributed by atoms with E-state index in [1.54, 1.807) is 6.33 Å². The van der Waals surface area contributed by atoms with Gasteiger partial charge >= 0.3 is 0 Å². The van der Waals surface area contributed by atoms with E-state index in [1.807, 2.05) is 44.2 Å². The predicted octanol–water partition coefficient (Wildman–Crippen LogP) is 3.29. The van der Waals surface area contributed by atoms with E-state index in [2.05, 4.69) is 28.1 Å². The van der Waals surface area contributed by atoms with Crippen molar-refractivity contribution in [1.82, 2.24) is 9.97 Å². The predicted molar refractivity (Wildman–Crippen MR) is 84.6 cm³/mol. The van der Waals surface area contributed by atoms with Crippen molar-refractivity contribution >= 4 is 20.4 Å². The average molecular weight is 285 g/mol. The van der Waals surface area contributed by atoms with Gasteiger partial charge in [-0.05, 0) is 45.1 Å². The third-order valence-electron chi connectivity index (χ3n) is 2.69. The molecule has 0 aliphatic rings. The average Bonchev–Trinajstić information content (AvgIpc) is 2.40. The first-order valence-corrected chi connectivity index (χ1v) is 9.44. The lowest BCUT2D eigenvalue weighted by molar-refractivity contribution is 0.582. The van der Waals surface area contributed by atoms with Gasteiger partial charge < -0.3 is 4.43 Å². The highest BCUT2D eigenvalue weighted by atomic mass is 28.3. The van der Waals surface area contributed by atoms with E-state index >= 15 is 0 Å². The number of benzene rings is 1. The van der Waals surface area contributed by atoms with E-state index in [4.69, 9.17) is 4.43 Å². The molecule has 0 aliphatic carbocycles. The summed E-state index contributed by atoms with van der Waals surface area (Å²) in [6, 6.07) is 9.79. The standard InChI is InChI=1S/C15H19N3OSi/c1-11-9-14(17-10-16-11)12(2)18-13-7-5-6-8-15(13)19-20(3)4/h5-10,20H,1-4H3. The van der Waals surface area contributed by atoms with Crippen molar-refractivity contribution < 1.29 is 4.43 Å². The molecule has 1 aromatic heterocycles. The van der Waals surface area contributed by atoms with Crippen LogP contribution in [0.1, 0.15) is 18.3 Å². The number of aliphatic imine (C=N–C) groups is 1. The molecule has 104 valence electrons. The second-order valence-electron chi connectivity index (χ2n) is 4.88. The molecule has 0 radical (unpaired) electrons. The Morgan fingerprint density at radius 3 is 2.65 bits per heavy atom. The van der Waals surface area contributed by atoms with E-state index in [1.165, 1.54) is 0 Å². The quantitative estimate of drug-likeness (QED) is 0.639. The van der Waals surface area contributed by atoms with Crippen LogP contribution in [0.15, 0.2) is 41.7 Å². The van der Waals surface area contributed by atoms with Crippen molar-refractivity contribution in [2.24, 2.45) is 4.99 Å². The van der Waals surface area contributed by atoms with Gasteiger partial charge in [0, 0.05) is 5.69 Å². The summed E-state index contributed by atoms with van der Waals surface area (Å²) in [7, 11) is -1.15.